The van der Waals surface area contributed by atoms with Gasteiger partial charge in [-0.05, 0) is 34.9 Å². The Labute approximate surface area is 205 Å². The molecule has 0 radical (unpaired) electrons. The van der Waals surface area contributed by atoms with Crippen LogP contribution >= 0.6 is 0 Å². The number of aromatic amines is 1. The van der Waals surface area contributed by atoms with E-state index in [4.69, 9.17) is 9.72 Å². The highest BCUT2D eigenvalue weighted by molar-refractivity contribution is 6.21. The van der Waals surface area contributed by atoms with Gasteiger partial charge < -0.3 is 15.0 Å². The molecule has 176 valence electrons. The molecule has 0 aliphatic rings. The normalized spacial score (nSPS) is 11.1. The molecule has 5 rings (SSSR count). The summed E-state index contributed by atoms with van der Waals surface area (Å²) in [6.45, 7) is 3.43. The first-order chi connectivity index (χ1) is 17.2. The molecular formula is C30H29N3O2. The summed E-state index contributed by atoms with van der Waals surface area (Å²) in [7, 11) is 0. The maximum Gasteiger partial charge on any atom is 0.201 e. The lowest BCUT2D eigenvalue weighted by atomic mass is 9.96. The largest absolute Gasteiger partial charge is 0.491 e. The van der Waals surface area contributed by atoms with Gasteiger partial charge in [-0.3, -0.25) is 4.79 Å². The number of ether oxygens (including phenoxy) is 1. The number of nitrogens with one attached hydrogen (secondary N) is 2. The van der Waals surface area contributed by atoms with Gasteiger partial charge in [0.15, 0.2) is 5.78 Å². The summed E-state index contributed by atoms with van der Waals surface area (Å²) in [5, 5.41) is 5.33. The van der Waals surface area contributed by atoms with Crippen LogP contribution in [0.2, 0.25) is 0 Å². The second-order valence-electron chi connectivity index (χ2n) is 8.67. The van der Waals surface area contributed by atoms with Gasteiger partial charge in [0.2, 0.25) is 5.95 Å². The van der Waals surface area contributed by atoms with Gasteiger partial charge in [-0.15, -0.1) is 0 Å². The highest BCUT2D eigenvalue weighted by Crippen LogP contribution is 2.31. The molecular weight excluding hydrogens is 434 g/mol. The van der Waals surface area contributed by atoms with Gasteiger partial charge in [0.25, 0.3) is 0 Å². The van der Waals surface area contributed by atoms with E-state index >= 15 is 0 Å². The Kier molecular flexibility index (Phi) is 6.75. The van der Waals surface area contributed by atoms with Crippen molar-refractivity contribution in [3.63, 3.8) is 0 Å². The minimum absolute atomic E-state index is 0.0505. The van der Waals surface area contributed by atoms with E-state index in [0.717, 1.165) is 41.1 Å². The number of carbonyl (C=O) groups excluding carboxylic acids is 1. The molecule has 5 nitrogen and oxygen atoms in total. The first-order valence-electron chi connectivity index (χ1n) is 12.2. The number of hydrogen-bond donors (Lipinski definition) is 2. The van der Waals surface area contributed by atoms with Crippen LogP contribution in [0.5, 0.6) is 5.75 Å². The minimum Gasteiger partial charge on any atom is -0.491 e. The van der Waals surface area contributed by atoms with Crippen LogP contribution in [-0.4, -0.2) is 22.4 Å². The SMILES string of the molecule is CCCCCOc1ccc(C(=O)c2cccc3ccccc23)c2nc(NCc3ccccc3)[nH]c12. The van der Waals surface area contributed by atoms with Crippen molar-refractivity contribution in [2.24, 2.45) is 0 Å². The number of aromatic nitrogens is 2. The number of unbranched alkanes of at least 4 members (excludes halogenated alkanes) is 2. The topological polar surface area (TPSA) is 67.0 Å². The molecule has 0 saturated carbocycles. The molecule has 4 aromatic carbocycles. The fourth-order valence-electron chi connectivity index (χ4n) is 4.34. The third-order valence-corrected chi connectivity index (χ3v) is 6.19. The molecule has 1 heterocycles. The molecule has 0 saturated heterocycles. The third-order valence-electron chi connectivity index (χ3n) is 6.19. The first kappa shape index (κ1) is 22.7. The number of rotatable bonds is 10. The number of anilines is 1. The zero-order chi connectivity index (χ0) is 24.0. The Morgan fingerprint density at radius 3 is 2.54 bits per heavy atom. The van der Waals surface area contributed by atoms with Crippen molar-refractivity contribution in [3.05, 3.63) is 102 Å². The van der Waals surface area contributed by atoms with Crippen LogP contribution in [0.3, 0.4) is 0 Å². The average molecular weight is 464 g/mol. The fourth-order valence-corrected chi connectivity index (χ4v) is 4.34. The molecule has 0 aliphatic heterocycles. The van der Waals surface area contributed by atoms with Gasteiger partial charge in [0.05, 0.1) is 12.2 Å². The molecule has 1 aromatic heterocycles. The minimum atomic E-state index is -0.0505. The van der Waals surface area contributed by atoms with Crippen molar-refractivity contribution in [1.29, 1.82) is 0 Å². The van der Waals surface area contributed by atoms with E-state index < -0.39 is 0 Å². The van der Waals surface area contributed by atoms with Crippen molar-refractivity contribution in [3.8, 4) is 5.75 Å². The van der Waals surface area contributed by atoms with Crippen molar-refractivity contribution >= 4 is 33.5 Å². The average Bonchev–Trinajstić information content (AvgIpc) is 3.34. The van der Waals surface area contributed by atoms with E-state index in [2.05, 4.69) is 29.4 Å². The van der Waals surface area contributed by atoms with Crippen molar-refractivity contribution in [1.82, 2.24) is 9.97 Å². The van der Waals surface area contributed by atoms with E-state index in [1.807, 2.05) is 72.8 Å². The Morgan fingerprint density at radius 1 is 0.886 bits per heavy atom. The van der Waals surface area contributed by atoms with Gasteiger partial charge in [0, 0.05) is 12.1 Å². The molecule has 5 aromatic rings. The predicted octanol–water partition coefficient (Wildman–Crippen LogP) is 7.13. The zero-order valence-corrected chi connectivity index (χ0v) is 19.9. The fraction of sp³-hybridized carbons (Fsp3) is 0.200. The van der Waals surface area contributed by atoms with Gasteiger partial charge in [-0.1, -0.05) is 92.6 Å². The smallest absolute Gasteiger partial charge is 0.201 e. The summed E-state index contributed by atoms with van der Waals surface area (Å²) in [5.41, 5.74) is 3.73. The third kappa shape index (κ3) is 4.90. The number of nitrogens with zero attached hydrogens (tertiary/aromatic N) is 1. The van der Waals surface area contributed by atoms with E-state index in [1.54, 1.807) is 0 Å². The second kappa shape index (κ2) is 10.4. The van der Waals surface area contributed by atoms with Crippen molar-refractivity contribution in [2.75, 3.05) is 11.9 Å². The van der Waals surface area contributed by atoms with Gasteiger partial charge in [0.1, 0.15) is 16.8 Å². The lowest BCUT2D eigenvalue weighted by molar-refractivity contribution is 0.104. The predicted molar refractivity (Wildman–Crippen MR) is 142 cm³/mol. The van der Waals surface area contributed by atoms with Crippen LogP contribution in [-0.2, 0) is 6.54 Å². The molecule has 2 N–H and O–H groups in total. The molecule has 0 aliphatic carbocycles. The van der Waals surface area contributed by atoms with Crippen LogP contribution < -0.4 is 10.1 Å². The molecule has 0 atom stereocenters. The van der Waals surface area contributed by atoms with E-state index in [1.165, 1.54) is 0 Å². The number of carbonyl (C=O) groups is 1. The van der Waals surface area contributed by atoms with Crippen LogP contribution in [0.4, 0.5) is 5.95 Å². The highest BCUT2D eigenvalue weighted by atomic mass is 16.5. The van der Waals surface area contributed by atoms with Crippen molar-refractivity contribution in [2.45, 2.75) is 32.7 Å². The Hall–Kier alpha value is -4.12. The summed E-state index contributed by atoms with van der Waals surface area (Å²) in [5.74, 6) is 1.27. The summed E-state index contributed by atoms with van der Waals surface area (Å²) < 4.78 is 6.10. The number of fused-ring (bicyclic) bond motifs is 2. The number of H-pyrrole nitrogens is 1. The monoisotopic (exact) mass is 463 g/mol. The zero-order valence-electron chi connectivity index (χ0n) is 19.9. The molecule has 0 spiro atoms. The van der Waals surface area contributed by atoms with E-state index in [-0.39, 0.29) is 5.78 Å². The molecule has 0 unspecified atom stereocenters. The van der Waals surface area contributed by atoms with Gasteiger partial charge >= 0.3 is 0 Å². The molecule has 0 bridgehead atoms. The Bertz CT molecular complexity index is 1450. The Morgan fingerprint density at radius 2 is 1.69 bits per heavy atom. The van der Waals surface area contributed by atoms with Crippen molar-refractivity contribution < 1.29 is 9.53 Å². The van der Waals surface area contributed by atoms with Crippen LogP contribution in [0.15, 0.2) is 84.9 Å². The lowest BCUT2D eigenvalue weighted by Gasteiger charge is -2.10. The van der Waals surface area contributed by atoms with Crippen LogP contribution in [0.25, 0.3) is 21.8 Å². The summed E-state index contributed by atoms with van der Waals surface area (Å²) in [6, 6.07) is 27.7. The van der Waals surface area contributed by atoms with Crippen LogP contribution in [0, 0.1) is 0 Å². The molecule has 0 amide bonds. The summed E-state index contributed by atoms with van der Waals surface area (Å²) in [4.78, 5) is 21.9. The number of hydrogen-bond acceptors (Lipinski definition) is 4. The number of benzene rings is 4. The molecule has 35 heavy (non-hydrogen) atoms. The maximum atomic E-state index is 13.8. The second-order valence-corrected chi connectivity index (χ2v) is 8.67. The Balaban J connectivity index is 1.52. The summed E-state index contributed by atoms with van der Waals surface area (Å²) in [6.07, 6.45) is 3.24. The van der Waals surface area contributed by atoms with E-state index in [9.17, 15) is 4.79 Å². The lowest BCUT2D eigenvalue weighted by Crippen LogP contribution is -2.05. The number of ketones is 1. The molecule has 0 fully saturated rings. The maximum absolute atomic E-state index is 13.8. The quantitative estimate of drug-likeness (QED) is 0.171. The van der Waals surface area contributed by atoms with E-state index in [0.29, 0.717) is 41.5 Å². The molecule has 5 heteroatoms. The number of imidazole rings is 1. The standard InChI is InChI=1S/C30H29N3O2/c1-2-3-9-19-35-26-18-17-25(29(34)24-16-10-14-22-13-7-8-15-23(22)24)27-28(26)33-30(32-27)31-20-21-11-5-4-6-12-21/h4-8,10-18H,2-3,9,19-20H2,1H3,(H2,31,32,33). The summed E-state index contributed by atoms with van der Waals surface area (Å²) >= 11 is 0. The van der Waals surface area contributed by atoms with Gasteiger partial charge in [-0.2, -0.15) is 0 Å². The van der Waals surface area contributed by atoms with Gasteiger partial charge in [-0.25, -0.2) is 4.98 Å². The highest BCUT2D eigenvalue weighted by Gasteiger charge is 2.20. The first-order valence-corrected chi connectivity index (χ1v) is 12.2. The van der Waals surface area contributed by atoms with Crippen LogP contribution in [0.1, 0.15) is 47.7 Å².